The first-order chi connectivity index (χ1) is 17.1. The van der Waals surface area contributed by atoms with E-state index in [1.54, 1.807) is 0 Å². The van der Waals surface area contributed by atoms with Crippen molar-refractivity contribution >= 4 is 60.7 Å². The maximum atomic E-state index is 13.3. The molecule has 0 radical (unpaired) electrons. The molecule has 204 valence electrons. The summed E-state index contributed by atoms with van der Waals surface area (Å²) in [6.45, 7) is 0. The number of halogens is 8. The van der Waals surface area contributed by atoms with E-state index in [4.69, 9.17) is 9.76 Å². The van der Waals surface area contributed by atoms with Crippen LogP contribution in [0.15, 0.2) is 80.0 Å². The van der Waals surface area contributed by atoms with E-state index in [1.165, 1.54) is 72.8 Å². The molecule has 4 rings (SSSR count). The Hall–Kier alpha value is -1.26. The van der Waals surface area contributed by atoms with E-state index in [1.807, 2.05) is 0 Å². The van der Waals surface area contributed by atoms with Crippen LogP contribution in [0.4, 0.5) is 26.3 Å². The zero-order chi connectivity index (χ0) is 27.2. The molecule has 2 atom stereocenters. The Kier molecular flexibility index (Phi) is 8.06. The van der Waals surface area contributed by atoms with Gasteiger partial charge in [0.2, 0.25) is 0 Å². The predicted molar refractivity (Wildman–Crippen MR) is 135 cm³/mol. The molecule has 0 amide bonds. The third-order valence-corrected chi connectivity index (χ3v) is 20.5. The van der Waals surface area contributed by atoms with Crippen LogP contribution >= 0.6 is 40.5 Å². The van der Waals surface area contributed by atoms with Gasteiger partial charge in [-0.15, -0.1) is 0 Å². The van der Waals surface area contributed by atoms with Gasteiger partial charge < -0.3 is 0 Å². The summed E-state index contributed by atoms with van der Waals surface area (Å²) in [5, 5.41) is 0. The van der Waals surface area contributed by atoms with Gasteiger partial charge in [-0.1, -0.05) is 0 Å². The van der Waals surface area contributed by atoms with E-state index < -0.39 is 83.9 Å². The average Bonchev–Trinajstić information content (AvgIpc) is 3.43. The number of ether oxygens (including phenoxy) is 1. The average molecular weight is 798 g/mol. The van der Waals surface area contributed by atoms with E-state index in [9.17, 15) is 43.2 Å². The molecule has 0 N–H and O–H groups in total. The normalized spacial score (nSPS) is 20.9. The van der Waals surface area contributed by atoms with Crippen LogP contribution in [-0.4, -0.2) is 40.1 Å². The Bertz CT molecular complexity index is 1320. The molecule has 2 bridgehead atoms. The third kappa shape index (κ3) is 5.86. The van der Waals surface area contributed by atoms with Crippen molar-refractivity contribution in [3.05, 3.63) is 87.1 Å². The second-order valence-electron chi connectivity index (χ2n) is 7.07. The van der Waals surface area contributed by atoms with Gasteiger partial charge in [-0.2, -0.15) is 0 Å². The Morgan fingerprint density at radius 2 is 0.946 bits per heavy atom. The molecule has 2 aromatic carbocycles. The number of rotatable bonds is 8. The SMILES string of the molecule is O=S(=O)(OI(C1=C(I(OS(=O)(=O)C(F)(F)F)c2ccccc2)[C@H]2C=C[C@@H]1O2)c1ccccc1)C(F)(F)F. The van der Waals surface area contributed by atoms with Crippen LogP contribution in [0.3, 0.4) is 0 Å². The third-order valence-electron chi connectivity index (χ3n) is 4.57. The number of benzene rings is 2. The van der Waals surface area contributed by atoms with Crippen LogP contribution in [0.1, 0.15) is 0 Å². The number of hydrogen-bond donors (Lipinski definition) is 0. The van der Waals surface area contributed by atoms with Gasteiger partial charge in [0.15, 0.2) is 0 Å². The topological polar surface area (TPSA) is 96.0 Å². The van der Waals surface area contributed by atoms with Gasteiger partial charge in [0.05, 0.1) is 0 Å². The van der Waals surface area contributed by atoms with Crippen molar-refractivity contribution in [3.63, 3.8) is 0 Å². The molecule has 2 heterocycles. The van der Waals surface area contributed by atoms with Crippen molar-refractivity contribution in [2.24, 2.45) is 0 Å². The summed E-state index contributed by atoms with van der Waals surface area (Å²) in [5.41, 5.74) is -11.6. The van der Waals surface area contributed by atoms with Gasteiger partial charge in [0.25, 0.3) is 0 Å². The van der Waals surface area contributed by atoms with Gasteiger partial charge in [-0.3, -0.25) is 0 Å². The fourth-order valence-corrected chi connectivity index (χ4v) is 19.6. The van der Waals surface area contributed by atoms with Crippen molar-refractivity contribution in [1.29, 1.82) is 0 Å². The second-order valence-corrected chi connectivity index (χ2v) is 19.9. The molecule has 0 saturated carbocycles. The Balaban J connectivity index is 1.94. The molecule has 0 fully saturated rings. The fourth-order valence-electron chi connectivity index (χ4n) is 3.04. The molecule has 0 aromatic heterocycles. The Morgan fingerprint density at radius 3 is 1.24 bits per heavy atom. The van der Waals surface area contributed by atoms with Crippen LogP contribution in [0.2, 0.25) is 0 Å². The molecule has 7 nitrogen and oxygen atoms in total. The first-order valence-corrected chi connectivity index (χ1v) is 18.6. The molecular weight excluding hydrogens is 784 g/mol. The number of alkyl halides is 6. The summed E-state index contributed by atoms with van der Waals surface area (Å²) >= 11 is -8.25. The van der Waals surface area contributed by atoms with Crippen molar-refractivity contribution in [2.75, 3.05) is 0 Å². The molecule has 2 aliphatic rings. The second kappa shape index (κ2) is 10.4. The fraction of sp³-hybridized carbons (Fsp3) is 0.200. The quantitative estimate of drug-likeness (QED) is 0.143. The zero-order valence-electron chi connectivity index (χ0n) is 17.8. The first kappa shape index (κ1) is 28.7. The Labute approximate surface area is 222 Å². The van der Waals surface area contributed by atoms with Crippen LogP contribution in [0, 0.1) is 7.14 Å². The first-order valence-electron chi connectivity index (χ1n) is 9.73. The van der Waals surface area contributed by atoms with E-state index in [0.29, 0.717) is 0 Å². The molecule has 37 heavy (non-hydrogen) atoms. The van der Waals surface area contributed by atoms with E-state index >= 15 is 0 Å². The van der Waals surface area contributed by atoms with Gasteiger partial charge in [0, 0.05) is 0 Å². The van der Waals surface area contributed by atoms with Gasteiger partial charge >= 0.3 is 224 Å². The van der Waals surface area contributed by atoms with Crippen LogP contribution in [0.5, 0.6) is 0 Å². The molecule has 0 unspecified atom stereocenters. The van der Waals surface area contributed by atoms with Crippen LogP contribution in [-0.2, 0) is 30.0 Å². The summed E-state index contributed by atoms with van der Waals surface area (Å²) in [6, 6.07) is 14.0. The molecular formula is C20H14F6I2O7S2. The summed E-state index contributed by atoms with van der Waals surface area (Å²) in [5.74, 6) is 0. The van der Waals surface area contributed by atoms with Gasteiger partial charge in [-0.25, -0.2) is 0 Å². The predicted octanol–water partition coefficient (Wildman–Crippen LogP) is 5.85. The summed E-state index contributed by atoms with van der Waals surface area (Å²) in [4.78, 5) is 0. The van der Waals surface area contributed by atoms with Crippen LogP contribution in [0.25, 0.3) is 0 Å². The standard InChI is InChI=1S/C20H14F6I2O7S2/c21-19(22,23)36(29,30)34-27(13-7-3-1-4-8-13)17-15-11-12-16(33-15)18(17)28(14-9-5-2-6-10-14)35-37(31,32)20(24,25)26/h1-12,15-16H/t15-,16+. The van der Waals surface area contributed by atoms with Gasteiger partial charge in [0.1, 0.15) is 0 Å². The minimum absolute atomic E-state index is 0.0686. The van der Waals surface area contributed by atoms with Crippen molar-refractivity contribution in [1.82, 2.24) is 0 Å². The molecule has 2 aliphatic heterocycles. The van der Waals surface area contributed by atoms with E-state index in [0.717, 1.165) is 0 Å². The summed E-state index contributed by atoms with van der Waals surface area (Å²) < 4.78 is 143. The monoisotopic (exact) mass is 798 g/mol. The summed E-state index contributed by atoms with van der Waals surface area (Å²) in [7, 11) is -12.3. The van der Waals surface area contributed by atoms with E-state index in [-0.39, 0.29) is 14.3 Å². The van der Waals surface area contributed by atoms with E-state index in [2.05, 4.69) is 0 Å². The minimum atomic E-state index is -6.14. The van der Waals surface area contributed by atoms with Crippen molar-refractivity contribution in [2.45, 2.75) is 23.2 Å². The molecule has 0 spiro atoms. The van der Waals surface area contributed by atoms with Crippen molar-refractivity contribution < 1.29 is 52.9 Å². The van der Waals surface area contributed by atoms with Crippen LogP contribution < -0.4 is 0 Å². The molecule has 17 heteroatoms. The van der Waals surface area contributed by atoms with Crippen molar-refractivity contribution in [3.8, 4) is 0 Å². The van der Waals surface area contributed by atoms with Gasteiger partial charge in [-0.05, 0) is 0 Å². The number of hydrogen-bond acceptors (Lipinski definition) is 7. The summed E-state index contributed by atoms with van der Waals surface area (Å²) in [6.07, 6.45) is 0.542. The Morgan fingerprint density at radius 1 is 0.622 bits per heavy atom. The molecule has 2 aromatic rings. The zero-order valence-corrected chi connectivity index (χ0v) is 23.7. The number of fused-ring (bicyclic) bond motifs is 2. The maximum absolute atomic E-state index is 13.3. The molecule has 0 aliphatic carbocycles. The molecule has 0 saturated heterocycles.